The number of carbonyl (C=O) groups is 2. The van der Waals surface area contributed by atoms with Crippen molar-refractivity contribution >= 4 is 18.1 Å². The molecule has 1 heterocycles. The van der Waals surface area contributed by atoms with Crippen molar-refractivity contribution in [3.05, 3.63) is 60.2 Å². The summed E-state index contributed by atoms with van der Waals surface area (Å²) in [4.78, 5) is 22.6. The van der Waals surface area contributed by atoms with E-state index in [4.69, 9.17) is 4.74 Å². The van der Waals surface area contributed by atoms with Gasteiger partial charge in [-0.05, 0) is 24.1 Å². The molecule has 6 nitrogen and oxygen atoms in total. The van der Waals surface area contributed by atoms with Gasteiger partial charge in [0.25, 0.3) is 6.33 Å². The summed E-state index contributed by atoms with van der Waals surface area (Å²) >= 11 is 0. The average Bonchev–Trinajstić information content (AvgIpc) is 3.02. The average molecular weight is 315 g/mol. The Morgan fingerprint density at radius 2 is 2.00 bits per heavy atom. The summed E-state index contributed by atoms with van der Waals surface area (Å²) in [6.45, 7) is 2.75. The molecule has 2 rings (SSSR count). The standard InChI is InChI=1S/C17H19N2O4/c1-3-23-17(21)19-11-10-18(13-19)12-15-6-4-14(5-7-15)8-9-16(20)22-2/h4-11,13H,3,12H2,1-2H3/q+1/b9-8+. The molecule has 0 fully saturated rings. The van der Waals surface area contributed by atoms with Gasteiger partial charge >= 0.3 is 12.1 Å². The monoisotopic (exact) mass is 315 g/mol. The van der Waals surface area contributed by atoms with Gasteiger partial charge in [0.05, 0.1) is 13.7 Å². The molecule has 1 aromatic heterocycles. The molecule has 6 heteroatoms. The summed E-state index contributed by atoms with van der Waals surface area (Å²) in [5, 5.41) is 0. The number of hydrogen-bond acceptors (Lipinski definition) is 4. The van der Waals surface area contributed by atoms with Crippen molar-refractivity contribution in [3.63, 3.8) is 0 Å². The van der Waals surface area contributed by atoms with Gasteiger partial charge in [-0.25, -0.2) is 9.36 Å². The number of aromatic nitrogens is 2. The van der Waals surface area contributed by atoms with E-state index in [2.05, 4.69) is 4.74 Å². The summed E-state index contributed by atoms with van der Waals surface area (Å²) in [6.07, 6.45) is 7.83. The Morgan fingerprint density at radius 1 is 1.26 bits per heavy atom. The van der Waals surface area contributed by atoms with Gasteiger partial charge in [0.1, 0.15) is 18.9 Å². The second-order valence-electron chi connectivity index (χ2n) is 4.79. The summed E-state index contributed by atoms with van der Waals surface area (Å²) in [5.74, 6) is -0.384. The molecule has 0 saturated heterocycles. The lowest BCUT2D eigenvalue weighted by Gasteiger charge is -1.99. The van der Waals surface area contributed by atoms with Gasteiger partial charge in [0.15, 0.2) is 0 Å². The molecule has 0 spiro atoms. The quantitative estimate of drug-likeness (QED) is 0.481. The van der Waals surface area contributed by atoms with Crippen LogP contribution in [0.15, 0.2) is 49.1 Å². The van der Waals surface area contributed by atoms with E-state index in [9.17, 15) is 9.59 Å². The van der Waals surface area contributed by atoms with Gasteiger partial charge in [0.2, 0.25) is 0 Å². The minimum Gasteiger partial charge on any atom is -0.466 e. The van der Waals surface area contributed by atoms with Crippen molar-refractivity contribution in [2.24, 2.45) is 0 Å². The van der Waals surface area contributed by atoms with E-state index in [0.29, 0.717) is 13.2 Å². The Kier molecular flexibility index (Phi) is 5.68. The Labute approximate surface area is 134 Å². The third-order valence-corrected chi connectivity index (χ3v) is 3.13. The molecule has 0 amide bonds. The summed E-state index contributed by atoms with van der Waals surface area (Å²) in [7, 11) is 1.34. The van der Waals surface area contributed by atoms with Crippen molar-refractivity contribution in [2.75, 3.05) is 13.7 Å². The number of nitrogens with zero attached hydrogens (tertiary/aromatic N) is 2. The number of esters is 1. The molecule has 2 aromatic rings. The maximum atomic E-state index is 11.6. The maximum absolute atomic E-state index is 11.6. The second-order valence-corrected chi connectivity index (χ2v) is 4.79. The van der Waals surface area contributed by atoms with Gasteiger partial charge < -0.3 is 9.47 Å². The first-order chi connectivity index (χ1) is 11.1. The highest BCUT2D eigenvalue weighted by Crippen LogP contribution is 2.06. The molecule has 0 unspecified atom stereocenters. The number of methoxy groups -OCH3 is 1. The fourth-order valence-corrected chi connectivity index (χ4v) is 1.97. The Morgan fingerprint density at radius 3 is 2.65 bits per heavy atom. The smallest absolute Gasteiger partial charge is 0.466 e. The normalized spacial score (nSPS) is 10.7. The van der Waals surface area contributed by atoms with Crippen molar-refractivity contribution in [1.29, 1.82) is 0 Å². The molecule has 0 aliphatic heterocycles. The summed E-state index contributed by atoms with van der Waals surface area (Å²) in [5.41, 5.74) is 1.99. The lowest BCUT2D eigenvalue weighted by molar-refractivity contribution is -0.687. The Balaban J connectivity index is 2.00. The van der Waals surface area contributed by atoms with Crippen molar-refractivity contribution in [1.82, 2.24) is 4.57 Å². The highest BCUT2D eigenvalue weighted by molar-refractivity contribution is 5.86. The molecule has 0 aliphatic carbocycles. The molecule has 0 aliphatic rings. The molecule has 120 valence electrons. The molecule has 0 atom stereocenters. The van der Waals surface area contributed by atoms with E-state index in [0.717, 1.165) is 11.1 Å². The second kappa shape index (κ2) is 7.93. The van der Waals surface area contributed by atoms with Crippen LogP contribution in [0, 0.1) is 0 Å². The van der Waals surface area contributed by atoms with Crippen LogP contribution in [0.5, 0.6) is 0 Å². The number of imidazole rings is 1. The predicted molar refractivity (Wildman–Crippen MR) is 83.6 cm³/mol. The van der Waals surface area contributed by atoms with Gasteiger partial charge in [0, 0.05) is 6.08 Å². The van der Waals surface area contributed by atoms with Crippen LogP contribution in [-0.2, 0) is 20.8 Å². The zero-order valence-electron chi connectivity index (χ0n) is 13.1. The van der Waals surface area contributed by atoms with Crippen molar-refractivity contribution in [2.45, 2.75) is 13.5 Å². The van der Waals surface area contributed by atoms with Crippen molar-refractivity contribution in [3.8, 4) is 0 Å². The van der Waals surface area contributed by atoms with E-state index < -0.39 is 6.09 Å². The van der Waals surface area contributed by atoms with Crippen LogP contribution < -0.4 is 4.57 Å². The number of benzene rings is 1. The van der Waals surface area contributed by atoms with Gasteiger partial charge in [-0.3, -0.25) is 0 Å². The maximum Gasteiger partial charge on any atom is 0.511 e. The Bertz CT molecular complexity index is 702. The highest BCUT2D eigenvalue weighted by atomic mass is 16.5. The van der Waals surface area contributed by atoms with Gasteiger partial charge in [-0.2, -0.15) is 4.79 Å². The minimum absolute atomic E-state index is 0.345. The van der Waals surface area contributed by atoms with Crippen LogP contribution in [0.4, 0.5) is 4.79 Å². The fraction of sp³-hybridized carbons (Fsp3) is 0.235. The molecular weight excluding hydrogens is 296 g/mol. The van der Waals surface area contributed by atoms with E-state index in [-0.39, 0.29) is 5.97 Å². The lowest BCUT2D eigenvalue weighted by atomic mass is 10.1. The fourth-order valence-electron chi connectivity index (χ4n) is 1.97. The first kappa shape index (κ1) is 16.5. The third-order valence-electron chi connectivity index (χ3n) is 3.13. The molecule has 0 N–H and O–H groups in total. The number of hydrogen-bond donors (Lipinski definition) is 0. The third kappa shape index (κ3) is 4.81. The summed E-state index contributed by atoms with van der Waals surface area (Å²) in [6, 6.07) is 7.76. The molecule has 0 radical (unpaired) electrons. The first-order valence-electron chi connectivity index (χ1n) is 7.21. The van der Waals surface area contributed by atoms with Crippen LogP contribution >= 0.6 is 0 Å². The van der Waals surface area contributed by atoms with Crippen LogP contribution in [0.3, 0.4) is 0 Å². The first-order valence-corrected chi connectivity index (χ1v) is 7.21. The summed E-state index contributed by atoms with van der Waals surface area (Å²) < 4.78 is 12.8. The molecule has 0 saturated carbocycles. The SMILES string of the molecule is CCOC(=O)n1cc[n+](Cc2ccc(/C=C/C(=O)OC)cc2)c1. The molecule has 0 bridgehead atoms. The van der Waals surface area contributed by atoms with Crippen LogP contribution in [0.2, 0.25) is 0 Å². The minimum atomic E-state index is -0.394. The van der Waals surface area contributed by atoms with E-state index >= 15 is 0 Å². The van der Waals surface area contributed by atoms with Crippen LogP contribution in [0.25, 0.3) is 6.08 Å². The molecule has 23 heavy (non-hydrogen) atoms. The largest absolute Gasteiger partial charge is 0.511 e. The topological polar surface area (TPSA) is 61.4 Å². The zero-order valence-corrected chi connectivity index (χ0v) is 13.1. The number of ether oxygens (including phenoxy) is 2. The zero-order chi connectivity index (χ0) is 16.7. The highest BCUT2D eigenvalue weighted by Gasteiger charge is 2.13. The number of rotatable bonds is 5. The Hall–Kier alpha value is -2.89. The van der Waals surface area contributed by atoms with E-state index in [1.54, 1.807) is 25.5 Å². The molecular formula is C17H19N2O4+. The van der Waals surface area contributed by atoms with Crippen LogP contribution in [0.1, 0.15) is 18.1 Å². The molecule has 1 aromatic carbocycles. The number of carbonyl (C=O) groups excluding carboxylic acids is 2. The predicted octanol–water partition coefficient (Wildman–Crippen LogP) is 2.01. The van der Waals surface area contributed by atoms with Gasteiger partial charge in [-0.15, -0.1) is 4.57 Å². The van der Waals surface area contributed by atoms with Gasteiger partial charge in [-0.1, -0.05) is 24.3 Å². The lowest BCUT2D eigenvalue weighted by Crippen LogP contribution is -2.32. The van der Waals surface area contributed by atoms with E-state index in [1.807, 2.05) is 35.0 Å². The van der Waals surface area contributed by atoms with E-state index in [1.165, 1.54) is 17.8 Å². The van der Waals surface area contributed by atoms with Crippen molar-refractivity contribution < 1.29 is 23.6 Å². The van der Waals surface area contributed by atoms with Crippen LogP contribution in [-0.4, -0.2) is 30.3 Å².